The minimum atomic E-state index is -1.68. The fourth-order valence-electron chi connectivity index (χ4n) is 1.24. The molecule has 2 unspecified atom stereocenters. The van der Waals surface area contributed by atoms with Gasteiger partial charge in [-0.15, -0.1) is 0 Å². The van der Waals surface area contributed by atoms with E-state index in [1.165, 1.54) is 14.2 Å². The molecule has 5 nitrogen and oxygen atoms in total. The number of carboxylic acids is 1. The SMILES string of the molecule is COC1C=C(C)C(OC)(C(=O)O)O1. The molecule has 0 spiro atoms. The molecule has 1 N–H and O–H groups in total. The highest BCUT2D eigenvalue weighted by Gasteiger charge is 2.48. The van der Waals surface area contributed by atoms with E-state index in [1.54, 1.807) is 13.0 Å². The first-order chi connectivity index (χ1) is 6.06. The van der Waals surface area contributed by atoms with Crippen LogP contribution in [0.5, 0.6) is 0 Å². The molecule has 0 saturated heterocycles. The Balaban J connectivity index is 2.93. The van der Waals surface area contributed by atoms with Crippen LogP contribution in [0.2, 0.25) is 0 Å². The van der Waals surface area contributed by atoms with Crippen molar-refractivity contribution in [2.45, 2.75) is 19.0 Å². The molecule has 1 rings (SSSR count). The number of methoxy groups -OCH3 is 2. The lowest BCUT2D eigenvalue weighted by molar-refractivity contribution is -0.250. The molecule has 13 heavy (non-hydrogen) atoms. The predicted octanol–water partition coefficient (Wildman–Crippen LogP) is 0.363. The van der Waals surface area contributed by atoms with E-state index in [9.17, 15) is 4.79 Å². The summed E-state index contributed by atoms with van der Waals surface area (Å²) in [7, 11) is 2.71. The number of hydrogen-bond acceptors (Lipinski definition) is 4. The van der Waals surface area contributed by atoms with E-state index in [0.29, 0.717) is 5.57 Å². The normalized spacial score (nSPS) is 33.2. The molecule has 1 aliphatic heterocycles. The maximum Gasteiger partial charge on any atom is 0.369 e. The largest absolute Gasteiger partial charge is 0.477 e. The molecule has 0 bridgehead atoms. The maximum absolute atomic E-state index is 10.9. The van der Waals surface area contributed by atoms with Gasteiger partial charge in [-0.05, 0) is 18.6 Å². The van der Waals surface area contributed by atoms with Crippen LogP contribution in [-0.4, -0.2) is 37.4 Å². The van der Waals surface area contributed by atoms with Crippen LogP contribution in [0.1, 0.15) is 6.92 Å². The fourth-order valence-corrected chi connectivity index (χ4v) is 1.24. The summed E-state index contributed by atoms with van der Waals surface area (Å²) in [6.45, 7) is 1.62. The Morgan fingerprint density at radius 1 is 1.69 bits per heavy atom. The highest BCUT2D eigenvalue weighted by Crippen LogP contribution is 2.31. The van der Waals surface area contributed by atoms with E-state index in [-0.39, 0.29) is 0 Å². The minimum absolute atomic E-state index is 0.481. The molecule has 74 valence electrons. The number of hydrogen-bond donors (Lipinski definition) is 1. The molecule has 1 heterocycles. The Morgan fingerprint density at radius 2 is 2.31 bits per heavy atom. The molecule has 0 fully saturated rings. The lowest BCUT2D eigenvalue weighted by atomic mass is 10.1. The molecular formula is C8H12O5. The molecule has 1 aliphatic rings. The van der Waals surface area contributed by atoms with Crippen LogP contribution in [0.25, 0.3) is 0 Å². The molecular weight excluding hydrogens is 176 g/mol. The van der Waals surface area contributed by atoms with Crippen LogP contribution in [0.3, 0.4) is 0 Å². The molecule has 0 radical (unpaired) electrons. The number of rotatable bonds is 3. The Hall–Kier alpha value is -0.910. The van der Waals surface area contributed by atoms with Crippen molar-refractivity contribution >= 4 is 5.97 Å². The van der Waals surface area contributed by atoms with E-state index in [4.69, 9.17) is 19.3 Å². The summed E-state index contributed by atoms with van der Waals surface area (Å²) < 4.78 is 14.8. The van der Waals surface area contributed by atoms with Gasteiger partial charge in [0.15, 0.2) is 6.29 Å². The average Bonchev–Trinajstić information content (AvgIpc) is 2.43. The van der Waals surface area contributed by atoms with Gasteiger partial charge >= 0.3 is 5.97 Å². The summed E-state index contributed by atoms with van der Waals surface area (Å²) in [5.41, 5.74) is 0.481. The molecule has 5 heteroatoms. The predicted molar refractivity (Wildman–Crippen MR) is 43.0 cm³/mol. The van der Waals surface area contributed by atoms with E-state index < -0.39 is 18.0 Å². The van der Waals surface area contributed by atoms with Gasteiger partial charge in [0, 0.05) is 14.2 Å². The van der Waals surface area contributed by atoms with Crippen molar-refractivity contribution in [3.05, 3.63) is 11.6 Å². The van der Waals surface area contributed by atoms with E-state index in [0.717, 1.165) is 0 Å². The van der Waals surface area contributed by atoms with Gasteiger partial charge in [0.05, 0.1) is 0 Å². The first kappa shape index (κ1) is 10.2. The average molecular weight is 188 g/mol. The summed E-state index contributed by atoms with van der Waals surface area (Å²) >= 11 is 0. The standard InChI is InChI=1S/C8H12O5/c1-5-4-6(11-2)13-8(5,12-3)7(9)10/h4,6H,1-3H3,(H,9,10). The van der Waals surface area contributed by atoms with Gasteiger partial charge in [0.2, 0.25) is 0 Å². The third-order valence-corrected chi connectivity index (χ3v) is 1.99. The van der Waals surface area contributed by atoms with Gasteiger partial charge in [-0.25, -0.2) is 4.79 Å². The smallest absolute Gasteiger partial charge is 0.369 e. The zero-order valence-corrected chi connectivity index (χ0v) is 7.73. The van der Waals surface area contributed by atoms with Crippen LogP contribution in [0.4, 0.5) is 0 Å². The second kappa shape index (κ2) is 3.45. The van der Waals surface area contributed by atoms with Crippen molar-refractivity contribution < 1.29 is 24.1 Å². The van der Waals surface area contributed by atoms with Gasteiger partial charge in [-0.3, -0.25) is 0 Å². The minimum Gasteiger partial charge on any atom is -0.477 e. The molecule has 0 amide bonds. The molecule has 0 aromatic heterocycles. The van der Waals surface area contributed by atoms with E-state index in [1.807, 2.05) is 0 Å². The Bertz CT molecular complexity index is 247. The fraction of sp³-hybridized carbons (Fsp3) is 0.625. The molecule has 0 saturated carbocycles. The van der Waals surface area contributed by atoms with Crippen molar-refractivity contribution in [3.63, 3.8) is 0 Å². The highest BCUT2D eigenvalue weighted by molar-refractivity contribution is 5.80. The van der Waals surface area contributed by atoms with Gasteiger partial charge in [0.1, 0.15) is 0 Å². The second-order valence-electron chi connectivity index (χ2n) is 2.70. The number of carboxylic acid groups (broad SMARTS) is 1. The van der Waals surface area contributed by atoms with Crippen LogP contribution in [0.15, 0.2) is 11.6 Å². The summed E-state index contributed by atoms with van der Waals surface area (Å²) in [5.74, 6) is -2.86. The van der Waals surface area contributed by atoms with Crippen LogP contribution < -0.4 is 0 Å². The summed E-state index contributed by atoms with van der Waals surface area (Å²) in [5, 5.41) is 8.90. The van der Waals surface area contributed by atoms with Crippen molar-refractivity contribution in [2.75, 3.05) is 14.2 Å². The van der Waals surface area contributed by atoms with Crippen LogP contribution >= 0.6 is 0 Å². The van der Waals surface area contributed by atoms with Crippen molar-refractivity contribution in [1.82, 2.24) is 0 Å². The van der Waals surface area contributed by atoms with E-state index in [2.05, 4.69) is 0 Å². The second-order valence-corrected chi connectivity index (χ2v) is 2.70. The number of carbonyl (C=O) groups is 1. The lowest BCUT2D eigenvalue weighted by Gasteiger charge is -2.24. The summed E-state index contributed by atoms with van der Waals surface area (Å²) in [6.07, 6.45) is 0.911. The number of ether oxygens (including phenoxy) is 3. The maximum atomic E-state index is 10.9. The quantitative estimate of drug-likeness (QED) is 0.648. The Morgan fingerprint density at radius 3 is 2.54 bits per heavy atom. The molecule has 0 aromatic carbocycles. The topological polar surface area (TPSA) is 65.0 Å². The highest BCUT2D eigenvalue weighted by atomic mass is 16.8. The van der Waals surface area contributed by atoms with Crippen LogP contribution in [-0.2, 0) is 19.0 Å². The van der Waals surface area contributed by atoms with Crippen LogP contribution in [0, 0.1) is 0 Å². The van der Waals surface area contributed by atoms with Gasteiger partial charge in [0.25, 0.3) is 5.79 Å². The third kappa shape index (κ3) is 1.46. The third-order valence-electron chi connectivity index (χ3n) is 1.99. The molecule has 0 aliphatic carbocycles. The monoisotopic (exact) mass is 188 g/mol. The number of aliphatic carboxylic acids is 1. The Labute approximate surface area is 75.9 Å². The molecule has 0 aromatic rings. The van der Waals surface area contributed by atoms with Gasteiger partial charge in [-0.2, -0.15) is 0 Å². The Kier molecular flexibility index (Phi) is 2.70. The molecule has 2 atom stereocenters. The van der Waals surface area contributed by atoms with Crippen molar-refractivity contribution in [1.29, 1.82) is 0 Å². The van der Waals surface area contributed by atoms with Crippen molar-refractivity contribution in [3.8, 4) is 0 Å². The first-order valence-electron chi connectivity index (χ1n) is 3.75. The zero-order valence-electron chi connectivity index (χ0n) is 7.73. The summed E-state index contributed by atoms with van der Waals surface area (Å²) in [4.78, 5) is 10.9. The first-order valence-corrected chi connectivity index (χ1v) is 3.75. The van der Waals surface area contributed by atoms with Gasteiger partial charge < -0.3 is 19.3 Å². The summed E-state index contributed by atoms with van der Waals surface area (Å²) in [6, 6.07) is 0. The zero-order chi connectivity index (χ0) is 10.1. The van der Waals surface area contributed by atoms with E-state index >= 15 is 0 Å². The van der Waals surface area contributed by atoms with Gasteiger partial charge in [-0.1, -0.05) is 0 Å². The van der Waals surface area contributed by atoms with Crippen molar-refractivity contribution in [2.24, 2.45) is 0 Å². The lowest BCUT2D eigenvalue weighted by Crippen LogP contribution is -2.43.